The van der Waals surface area contributed by atoms with Crippen LogP contribution in [0, 0.1) is 6.92 Å². The van der Waals surface area contributed by atoms with E-state index in [1.807, 2.05) is 38.4 Å². The van der Waals surface area contributed by atoms with E-state index in [1.165, 1.54) is 0 Å². The number of benzene rings is 1. The predicted molar refractivity (Wildman–Crippen MR) is 120 cm³/mol. The zero-order valence-corrected chi connectivity index (χ0v) is 19.9. The first kappa shape index (κ1) is 22.7. The monoisotopic (exact) mass is 461 g/mol. The molecule has 9 nitrogen and oxygen atoms in total. The number of sulfonamides is 1. The van der Waals surface area contributed by atoms with Crippen LogP contribution in [0.5, 0.6) is 0 Å². The first-order chi connectivity index (χ1) is 15.0. The molecule has 4 rings (SSSR count). The van der Waals surface area contributed by atoms with Crippen LogP contribution in [0.2, 0.25) is 0 Å². The van der Waals surface area contributed by atoms with E-state index in [9.17, 15) is 13.2 Å². The van der Waals surface area contributed by atoms with Crippen molar-refractivity contribution in [1.29, 1.82) is 0 Å². The van der Waals surface area contributed by atoms with E-state index in [-0.39, 0.29) is 23.1 Å². The second kappa shape index (κ2) is 8.47. The molecule has 0 radical (unpaired) electrons. The number of amides is 1. The fourth-order valence-corrected chi connectivity index (χ4v) is 5.14. The van der Waals surface area contributed by atoms with E-state index >= 15 is 0 Å². The van der Waals surface area contributed by atoms with Crippen molar-refractivity contribution in [3.63, 3.8) is 0 Å². The molecule has 1 aromatic carbocycles. The Morgan fingerprint density at radius 1 is 1.16 bits per heavy atom. The van der Waals surface area contributed by atoms with E-state index in [0.717, 1.165) is 25.7 Å². The summed E-state index contributed by atoms with van der Waals surface area (Å²) in [7, 11) is -3.56. The van der Waals surface area contributed by atoms with E-state index < -0.39 is 15.6 Å². The topological polar surface area (TPSA) is 106 Å². The van der Waals surface area contributed by atoms with Crippen LogP contribution in [0.25, 0.3) is 11.4 Å². The molecule has 174 valence electrons. The molecule has 1 N–H and O–H groups in total. The highest BCUT2D eigenvalue weighted by Crippen LogP contribution is 2.30. The minimum atomic E-state index is -3.56. The Balaban J connectivity index is 1.52. The van der Waals surface area contributed by atoms with Gasteiger partial charge in [0.25, 0.3) is 0 Å². The number of nitrogens with zero attached hydrogens (tertiary/aromatic N) is 4. The number of aromatic nitrogens is 3. The predicted octanol–water partition coefficient (Wildman–Crippen LogP) is 3.27. The number of rotatable bonds is 5. The molecule has 32 heavy (non-hydrogen) atoms. The average molecular weight is 462 g/mol. The maximum absolute atomic E-state index is 12.7. The summed E-state index contributed by atoms with van der Waals surface area (Å²) >= 11 is 0. The van der Waals surface area contributed by atoms with Crippen LogP contribution in [0.15, 0.2) is 29.2 Å². The lowest BCUT2D eigenvalue weighted by Gasteiger charge is -2.33. The summed E-state index contributed by atoms with van der Waals surface area (Å²) in [5, 5.41) is 4.60. The van der Waals surface area contributed by atoms with Crippen molar-refractivity contribution in [2.45, 2.75) is 76.0 Å². The Labute approximate surface area is 189 Å². The molecular formula is C22H31N5O4S. The number of likely N-dealkylation sites (tertiary alicyclic amines) is 1. The van der Waals surface area contributed by atoms with Crippen LogP contribution in [0.4, 0.5) is 4.79 Å². The van der Waals surface area contributed by atoms with Gasteiger partial charge in [0.2, 0.25) is 10.0 Å². The Kier molecular flexibility index (Phi) is 6.02. The molecule has 1 saturated heterocycles. The maximum Gasteiger partial charge on any atom is 0.410 e. The van der Waals surface area contributed by atoms with Crippen molar-refractivity contribution >= 4 is 16.1 Å². The van der Waals surface area contributed by atoms with Crippen molar-refractivity contribution in [3.05, 3.63) is 30.1 Å². The highest BCUT2D eigenvalue weighted by atomic mass is 32.2. The van der Waals surface area contributed by atoms with Gasteiger partial charge in [-0.1, -0.05) is 12.1 Å². The summed E-state index contributed by atoms with van der Waals surface area (Å²) in [6.45, 7) is 8.53. The van der Waals surface area contributed by atoms with E-state index in [4.69, 9.17) is 4.74 Å². The van der Waals surface area contributed by atoms with Gasteiger partial charge in [0.1, 0.15) is 11.4 Å². The molecule has 1 aliphatic carbocycles. The van der Waals surface area contributed by atoms with Crippen molar-refractivity contribution in [1.82, 2.24) is 24.4 Å². The van der Waals surface area contributed by atoms with Crippen LogP contribution < -0.4 is 4.72 Å². The quantitative estimate of drug-likeness (QED) is 0.732. The lowest BCUT2D eigenvalue weighted by Crippen LogP contribution is -2.42. The number of hydrogen-bond acceptors (Lipinski definition) is 6. The molecule has 1 saturated carbocycles. The SMILES string of the molecule is Cc1nc(-c2cccc(S(=O)(=O)NC3CC3)c2)n(C2CCN(C(=O)OC(C)(C)C)CC2)n1. The molecule has 0 atom stereocenters. The number of nitrogens with one attached hydrogen (secondary N) is 1. The Morgan fingerprint density at radius 3 is 2.47 bits per heavy atom. The van der Waals surface area contributed by atoms with Gasteiger partial charge >= 0.3 is 6.09 Å². The lowest BCUT2D eigenvalue weighted by molar-refractivity contribution is 0.0185. The normalized spacial score (nSPS) is 18.1. The summed E-state index contributed by atoms with van der Waals surface area (Å²) in [5.74, 6) is 1.26. The summed E-state index contributed by atoms with van der Waals surface area (Å²) in [6.07, 6.45) is 2.90. The summed E-state index contributed by atoms with van der Waals surface area (Å²) in [6, 6.07) is 6.95. The van der Waals surface area contributed by atoms with Crippen molar-refractivity contribution in [2.24, 2.45) is 0 Å². The molecule has 2 aliphatic rings. The highest BCUT2D eigenvalue weighted by molar-refractivity contribution is 7.89. The lowest BCUT2D eigenvalue weighted by atomic mass is 10.0. The van der Waals surface area contributed by atoms with Gasteiger partial charge in [-0.05, 0) is 65.5 Å². The fraction of sp³-hybridized carbons (Fsp3) is 0.591. The minimum absolute atomic E-state index is 0.0460. The first-order valence-corrected chi connectivity index (χ1v) is 12.5. The van der Waals surface area contributed by atoms with Gasteiger partial charge in [0.15, 0.2) is 5.82 Å². The fourth-order valence-electron chi connectivity index (χ4n) is 3.79. The zero-order chi connectivity index (χ0) is 23.1. The van der Waals surface area contributed by atoms with Crippen LogP contribution in [0.1, 0.15) is 58.3 Å². The first-order valence-electron chi connectivity index (χ1n) is 11.1. The molecule has 0 spiro atoms. The molecule has 2 heterocycles. The van der Waals surface area contributed by atoms with Gasteiger partial charge in [-0.3, -0.25) is 0 Å². The van der Waals surface area contributed by atoms with Gasteiger partial charge in [0, 0.05) is 24.7 Å². The van der Waals surface area contributed by atoms with Crippen LogP contribution in [-0.4, -0.2) is 58.9 Å². The minimum Gasteiger partial charge on any atom is -0.444 e. The standard InChI is InChI=1S/C22H31N5O4S/c1-15-23-20(16-6-5-7-19(14-16)32(29,30)25-17-8-9-17)27(24-15)18-10-12-26(13-11-18)21(28)31-22(2,3)4/h5-7,14,17-18,25H,8-13H2,1-4H3. The average Bonchev–Trinajstić information content (AvgIpc) is 3.44. The number of carbonyl (C=O) groups excluding carboxylic acids is 1. The molecule has 1 aliphatic heterocycles. The summed E-state index contributed by atoms with van der Waals surface area (Å²) < 4.78 is 35.4. The highest BCUT2D eigenvalue weighted by Gasteiger charge is 2.31. The smallest absolute Gasteiger partial charge is 0.410 e. The molecule has 1 aromatic heterocycles. The molecule has 10 heteroatoms. The molecule has 1 amide bonds. The van der Waals surface area contributed by atoms with Gasteiger partial charge in [-0.2, -0.15) is 5.10 Å². The molecular weight excluding hydrogens is 430 g/mol. The summed E-state index contributed by atoms with van der Waals surface area (Å²) in [4.78, 5) is 18.9. The van der Waals surface area contributed by atoms with E-state index in [2.05, 4.69) is 14.8 Å². The van der Waals surface area contributed by atoms with E-state index in [1.54, 1.807) is 23.1 Å². The Hall–Kier alpha value is -2.46. The molecule has 2 aromatic rings. The maximum atomic E-state index is 12.7. The van der Waals surface area contributed by atoms with Crippen molar-refractivity contribution < 1.29 is 17.9 Å². The third-order valence-electron chi connectivity index (χ3n) is 5.50. The van der Waals surface area contributed by atoms with Crippen LogP contribution >= 0.6 is 0 Å². The van der Waals surface area contributed by atoms with Crippen molar-refractivity contribution in [2.75, 3.05) is 13.1 Å². The number of carbonyl (C=O) groups is 1. The third kappa shape index (κ3) is 5.29. The second-order valence-electron chi connectivity index (χ2n) is 9.55. The largest absolute Gasteiger partial charge is 0.444 e. The van der Waals surface area contributed by atoms with Gasteiger partial charge < -0.3 is 9.64 Å². The molecule has 0 bridgehead atoms. The number of hydrogen-bond donors (Lipinski definition) is 1. The number of ether oxygens (including phenoxy) is 1. The van der Waals surface area contributed by atoms with Crippen molar-refractivity contribution in [3.8, 4) is 11.4 Å². The Morgan fingerprint density at radius 2 is 1.84 bits per heavy atom. The summed E-state index contributed by atoms with van der Waals surface area (Å²) in [5.41, 5.74) is 0.183. The van der Waals surface area contributed by atoms with Gasteiger partial charge in [0.05, 0.1) is 10.9 Å². The number of aryl methyl sites for hydroxylation is 1. The number of piperidine rings is 1. The van der Waals surface area contributed by atoms with Gasteiger partial charge in [-0.15, -0.1) is 0 Å². The van der Waals surface area contributed by atoms with Crippen LogP contribution in [-0.2, 0) is 14.8 Å². The van der Waals surface area contributed by atoms with E-state index in [0.29, 0.717) is 30.3 Å². The molecule has 2 fully saturated rings. The molecule has 0 unspecified atom stereocenters. The zero-order valence-electron chi connectivity index (χ0n) is 19.0. The Bertz CT molecular complexity index is 1090. The second-order valence-corrected chi connectivity index (χ2v) is 11.3. The third-order valence-corrected chi connectivity index (χ3v) is 7.02. The van der Waals surface area contributed by atoms with Gasteiger partial charge in [-0.25, -0.2) is 27.6 Å². The van der Waals surface area contributed by atoms with Crippen LogP contribution in [0.3, 0.4) is 0 Å².